The lowest BCUT2D eigenvalue weighted by molar-refractivity contribution is -0.384. The fourth-order valence-corrected chi connectivity index (χ4v) is 3.90. The van der Waals surface area contributed by atoms with Gasteiger partial charge in [-0.15, -0.1) is 11.6 Å². The van der Waals surface area contributed by atoms with Crippen molar-refractivity contribution in [3.63, 3.8) is 0 Å². The van der Waals surface area contributed by atoms with Gasteiger partial charge in [-0.25, -0.2) is 9.59 Å². The molecule has 1 amide bonds. The first kappa shape index (κ1) is 23.5. The number of ether oxygens (including phenoxy) is 3. The Morgan fingerprint density at radius 1 is 1.28 bits per heavy atom. The van der Waals surface area contributed by atoms with E-state index in [0.29, 0.717) is 5.56 Å². The molecule has 2 heterocycles. The molecular formula is C20H21ClN2O9. The van der Waals surface area contributed by atoms with E-state index in [1.54, 1.807) is 6.92 Å². The highest BCUT2D eigenvalue weighted by Crippen LogP contribution is 2.47. The van der Waals surface area contributed by atoms with Crippen molar-refractivity contribution in [1.29, 1.82) is 0 Å². The molecule has 172 valence electrons. The number of hydrogen-bond acceptors (Lipinski definition) is 9. The quantitative estimate of drug-likeness (QED) is 0.199. The molecule has 11 nitrogen and oxygen atoms in total. The Hall–Kier alpha value is -3.18. The number of esters is 1. The molecule has 0 radical (unpaired) electrons. The number of fused-ring (bicyclic) bond motifs is 1. The molecule has 1 fully saturated rings. The maximum atomic E-state index is 12.9. The highest BCUT2D eigenvalue weighted by molar-refractivity contribution is 6.18. The number of nitrogens with zero attached hydrogens (tertiary/aromatic N) is 2. The van der Waals surface area contributed by atoms with Crippen LogP contribution in [0.1, 0.15) is 19.4 Å². The Labute approximate surface area is 187 Å². The number of alkyl halides is 1. The van der Waals surface area contributed by atoms with Crippen LogP contribution in [0, 0.1) is 22.0 Å². The average molecular weight is 469 g/mol. The van der Waals surface area contributed by atoms with Gasteiger partial charge in [0, 0.05) is 18.1 Å². The smallest absolute Gasteiger partial charge is 0.456 e. The molecule has 2 aliphatic heterocycles. The molecule has 12 heteroatoms. The minimum atomic E-state index is -1.09. The van der Waals surface area contributed by atoms with Crippen molar-refractivity contribution in [3.05, 3.63) is 51.4 Å². The van der Waals surface area contributed by atoms with Crippen molar-refractivity contribution in [2.75, 3.05) is 12.5 Å². The van der Waals surface area contributed by atoms with Gasteiger partial charge in [0.1, 0.15) is 19.0 Å². The van der Waals surface area contributed by atoms with Gasteiger partial charge in [-0.1, -0.05) is 6.92 Å². The lowest BCUT2D eigenvalue weighted by atomic mass is 9.79. The number of aliphatic hydroxyl groups excluding tert-OH is 1. The Balaban J connectivity index is 1.81. The monoisotopic (exact) mass is 468 g/mol. The molecule has 3 rings (SSSR count). The van der Waals surface area contributed by atoms with Gasteiger partial charge in [-0.2, -0.15) is 0 Å². The standard InChI is InChI=1S/C20H21ClN2O9/c1-10-15-14(11(2)24)18(25)22(15)16(17(10)32-20(27)30-8-7-21)19(26)31-9-12-3-5-13(6-4-12)23(28)29/h3-6,10-11,14-15,24H,7-9H2,1-2H3/t10-,11-,14-,15-/m1/s1. The van der Waals surface area contributed by atoms with Crippen molar-refractivity contribution < 1.29 is 38.6 Å². The summed E-state index contributed by atoms with van der Waals surface area (Å²) >= 11 is 5.49. The Bertz CT molecular complexity index is 960. The van der Waals surface area contributed by atoms with Crippen molar-refractivity contribution in [1.82, 2.24) is 4.90 Å². The molecule has 2 aliphatic rings. The van der Waals surface area contributed by atoms with Crippen molar-refractivity contribution >= 4 is 35.3 Å². The van der Waals surface area contributed by atoms with Crippen LogP contribution in [0.15, 0.2) is 35.7 Å². The van der Waals surface area contributed by atoms with E-state index in [2.05, 4.69) is 0 Å². The molecule has 0 saturated carbocycles. The third-order valence-electron chi connectivity index (χ3n) is 5.31. The van der Waals surface area contributed by atoms with Crippen LogP contribution >= 0.6 is 11.6 Å². The molecular weight excluding hydrogens is 448 g/mol. The van der Waals surface area contributed by atoms with E-state index in [4.69, 9.17) is 25.8 Å². The number of nitro benzene ring substituents is 1. The molecule has 0 bridgehead atoms. The zero-order chi connectivity index (χ0) is 23.6. The number of aliphatic hydroxyl groups is 1. The minimum absolute atomic E-state index is 0.0468. The van der Waals surface area contributed by atoms with Gasteiger partial charge in [0.05, 0.1) is 28.9 Å². The number of amides is 1. The molecule has 4 atom stereocenters. The van der Waals surface area contributed by atoms with E-state index in [0.717, 1.165) is 4.90 Å². The van der Waals surface area contributed by atoms with Crippen LogP contribution in [-0.4, -0.2) is 57.6 Å². The number of rotatable bonds is 8. The zero-order valence-corrected chi connectivity index (χ0v) is 18.0. The van der Waals surface area contributed by atoms with Crippen LogP contribution in [0.2, 0.25) is 0 Å². The van der Waals surface area contributed by atoms with Gasteiger partial charge in [0.15, 0.2) is 5.70 Å². The number of non-ortho nitro benzene ring substituents is 1. The largest absolute Gasteiger partial charge is 0.513 e. The summed E-state index contributed by atoms with van der Waals surface area (Å²) < 4.78 is 15.3. The third-order valence-corrected chi connectivity index (χ3v) is 5.46. The van der Waals surface area contributed by atoms with E-state index in [9.17, 15) is 29.6 Å². The van der Waals surface area contributed by atoms with E-state index < -0.39 is 46.9 Å². The van der Waals surface area contributed by atoms with Crippen LogP contribution in [0.5, 0.6) is 0 Å². The first-order valence-electron chi connectivity index (χ1n) is 9.73. The van der Waals surface area contributed by atoms with Gasteiger partial charge in [0.25, 0.3) is 5.69 Å². The van der Waals surface area contributed by atoms with Gasteiger partial charge >= 0.3 is 12.1 Å². The molecule has 1 aromatic carbocycles. The maximum Gasteiger partial charge on any atom is 0.513 e. The fraction of sp³-hybridized carbons (Fsp3) is 0.450. The second kappa shape index (κ2) is 9.53. The number of carbonyl (C=O) groups is 3. The summed E-state index contributed by atoms with van der Waals surface area (Å²) in [5.74, 6) is -2.81. The number of hydrogen-bond donors (Lipinski definition) is 1. The SMILES string of the molecule is C[C@@H](O)[C@H]1C(=O)N2C(C(=O)OCc3ccc([N+](=O)[O-])cc3)=C(OC(=O)OCCCl)[C@H](C)[C@H]12. The first-order valence-corrected chi connectivity index (χ1v) is 10.3. The summed E-state index contributed by atoms with van der Waals surface area (Å²) in [5.41, 5.74) is 0.124. The number of nitro groups is 1. The molecule has 0 spiro atoms. The number of halogens is 1. The first-order chi connectivity index (χ1) is 15.2. The molecule has 0 aliphatic carbocycles. The highest BCUT2D eigenvalue weighted by atomic mass is 35.5. The zero-order valence-electron chi connectivity index (χ0n) is 17.2. The molecule has 0 aromatic heterocycles. The predicted octanol–water partition coefficient (Wildman–Crippen LogP) is 2.10. The van der Waals surface area contributed by atoms with Crippen LogP contribution in [0.25, 0.3) is 0 Å². The summed E-state index contributed by atoms with van der Waals surface area (Å²) in [6.45, 7) is 2.78. The fourth-order valence-electron chi connectivity index (χ4n) is 3.82. The number of benzene rings is 1. The lowest BCUT2D eigenvalue weighted by Crippen LogP contribution is -2.63. The summed E-state index contributed by atoms with van der Waals surface area (Å²) in [7, 11) is 0. The molecule has 1 saturated heterocycles. The van der Waals surface area contributed by atoms with E-state index in [1.807, 2.05) is 0 Å². The second-order valence-corrected chi connectivity index (χ2v) is 7.73. The highest BCUT2D eigenvalue weighted by Gasteiger charge is 2.61. The maximum absolute atomic E-state index is 12.9. The van der Waals surface area contributed by atoms with Crippen LogP contribution in [-0.2, 0) is 30.4 Å². The van der Waals surface area contributed by atoms with Gasteiger partial charge in [-0.3, -0.25) is 19.8 Å². The van der Waals surface area contributed by atoms with Gasteiger partial charge < -0.3 is 19.3 Å². The van der Waals surface area contributed by atoms with E-state index >= 15 is 0 Å². The number of β-lactam (4-membered cyclic amide) rings is 1. The normalized spacial score (nSPS) is 22.7. The van der Waals surface area contributed by atoms with Crippen molar-refractivity contribution in [2.24, 2.45) is 11.8 Å². The van der Waals surface area contributed by atoms with Crippen molar-refractivity contribution in [2.45, 2.75) is 32.6 Å². The van der Waals surface area contributed by atoms with Crippen LogP contribution in [0.3, 0.4) is 0 Å². The lowest BCUT2D eigenvalue weighted by Gasteiger charge is -2.46. The predicted molar refractivity (Wildman–Crippen MR) is 108 cm³/mol. The summed E-state index contributed by atoms with van der Waals surface area (Å²) in [6, 6.07) is 4.81. The molecule has 1 N–H and O–H groups in total. The van der Waals surface area contributed by atoms with Gasteiger partial charge in [-0.05, 0) is 24.6 Å². The summed E-state index contributed by atoms with van der Waals surface area (Å²) in [5, 5.41) is 20.7. The van der Waals surface area contributed by atoms with Crippen molar-refractivity contribution in [3.8, 4) is 0 Å². The Morgan fingerprint density at radius 2 is 1.94 bits per heavy atom. The molecule has 32 heavy (non-hydrogen) atoms. The summed E-state index contributed by atoms with van der Waals surface area (Å²) in [4.78, 5) is 48.8. The summed E-state index contributed by atoms with van der Waals surface area (Å²) in [6.07, 6.45) is -2.05. The van der Waals surface area contributed by atoms with Gasteiger partial charge in [0.2, 0.25) is 5.91 Å². The van der Waals surface area contributed by atoms with E-state index in [1.165, 1.54) is 31.2 Å². The molecule has 1 aromatic rings. The van der Waals surface area contributed by atoms with E-state index in [-0.39, 0.29) is 36.2 Å². The number of carbonyl (C=O) groups excluding carboxylic acids is 3. The topological polar surface area (TPSA) is 146 Å². The second-order valence-electron chi connectivity index (χ2n) is 7.36. The molecule has 0 unspecified atom stereocenters. The Kier molecular flexibility index (Phi) is 6.99. The van der Waals surface area contributed by atoms with Crippen LogP contribution < -0.4 is 0 Å². The third kappa shape index (κ3) is 4.39. The van der Waals surface area contributed by atoms with Crippen LogP contribution in [0.4, 0.5) is 10.5 Å². The Morgan fingerprint density at radius 3 is 2.50 bits per heavy atom. The minimum Gasteiger partial charge on any atom is -0.456 e. The average Bonchev–Trinajstić information content (AvgIpc) is 2.98.